The Morgan fingerprint density at radius 1 is 1.24 bits per heavy atom. The minimum absolute atomic E-state index is 0.0231. The predicted molar refractivity (Wildman–Crippen MR) is 113 cm³/mol. The average Bonchev–Trinajstić information content (AvgIpc) is 3.35. The van der Waals surface area contributed by atoms with Crippen molar-refractivity contribution in [1.82, 2.24) is 15.2 Å². The molecular formula is C20H23ClN4O3S. The van der Waals surface area contributed by atoms with E-state index in [4.69, 9.17) is 16.3 Å². The van der Waals surface area contributed by atoms with Crippen LogP contribution in [0.4, 0.5) is 9.93 Å². The van der Waals surface area contributed by atoms with Crippen LogP contribution in [-0.4, -0.2) is 41.0 Å². The van der Waals surface area contributed by atoms with E-state index in [9.17, 15) is 9.59 Å². The summed E-state index contributed by atoms with van der Waals surface area (Å²) in [6, 6.07) is 6.99. The molecule has 0 saturated heterocycles. The molecule has 9 heteroatoms. The van der Waals surface area contributed by atoms with Gasteiger partial charge in [-0.2, -0.15) is 0 Å². The quantitative estimate of drug-likeness (QED) is 0.749. The van der Waals surface area contributed by atoms with Crippen molar-refractivity contribution in [1.29, 1.82) is 0 Å². The summed E-state index contributed by atoms with van der Waals surface area (Å²) in [4.78, 5) is 32.0. The zero-order valence-corrected chi connectivity index (χ0v) is 17.5. The Kier molecular flexibility index (Phi) is 6.20. The van der Waals surface area contributed by atoms with Gasteiger partial charge in [-0.05, 0) is 37.1 Å². The third-order valence-electron chi connectivity index (χ3n) is 5.17. The van der Waals surface area contributed by atoms with Gasteiger partial charge in [0.2, 0.25) is 0 Å². The second-order valence-corrected chi connectivity index (χ2v) is 8.80. The molecule has 154 valence electrons. The Hall–Kier alpha value is -2.32. The van der Waals surface area contributed by atoms with E-state index in [1.54, 1.807) is 29.2 Å². The summed E-state index contributed by atoms with van der Waals surface area (Å²) < 4.78 is 5.56. The maximum absolute atomic E-state index is 12.5. The fourth-order valence-corrected chi connectivity index (χ4v) is 4.76. The van der Waals surface area contributed by atoms with E-state index in [1.807, 2.05) is 0 Å². The number of hydrogen-bond acceptors (Lipinski definition) is 5. The molecule has 29 heavy (non-hydrogen) atoms. The SMILES string of the molecule is O=C(Nc1nc2c(s1)CN(C(=O)COc1ccc(Cl)cc1)CC2)NC1CCCC1. The number of anilines is 1. The Labute approximate surface area is 178 Å². The van der Waals surface area contributed by atoms with Crippen LogP contribution in [0.5, 0.6) is 5.75 Å². The number of carbonyl (C=O) groups is 2. The van der Waals surface area contributed by atoms with Crippen LogP contribution >= 0.6 is 22.9 Å². The van der Waals surface area contributed by atoms with Crippen LogP contribution in [0.2, 0.25) is 5.02 Å². The molecule has 7 nitrogen and oxygen atoms in total. The highest BCUT2D eigenvalue weighted by Gasteiger charge is 2.25. The van der Waals surface area contributed by atoms with E-state index in [0.29, 0.717) is 35.4 Å². The van der Waals surface area contributed by atoms with Crippen molar-refractivity contribution in [3.05, 3.63) is 39.9 Å². The lowest BCUT2D eigenvalue weighted by Gasteiger charge is -2.26. The Bertz CT molecular complexity index is 880. The highest BCUT2D eigenvalue weighted by molar-refractivity contribution is 7.15. The number of nitrogens with zero attached hydrogens (tertiary/aromatic N) is 2. The van der Waals surface area contributed by atoms with Crippen molar-refractivity contribution in [2.24, 2.45) is 0 Å². The molecule has 3 amide bonds. The first-order chi connectivity index (χ1) is 14.1. The summed E-state index contributed by atoms with van der Waals surface area (Å²) in [5.74, 6) is 0.533. The van der Waals surface area contributed by atoms with Gasteiger partial charge in [-0.1, -0.05) is 35.8 Å². The maximum atomic E-state index is 12.5. The molecule has 0 unspecified atom stereocenters. The molecule has 1 saturated carbocycles. The minimum Gasteiger partial charge on any atom is -0.484 e. The maximum Gasteiger partial charge on any atom is 0.321 e. The van der Waals surface area contributed by atoms with Crippen LogP contribution in [0, 0.1) is 0 Å². The van der Waals surface area contributed by atoms with E-state index in [0.717, 1.165) is 23.4 Å². The van der Waals surface area contributed by atoms with Crippen molar-refractivity contribution >= 4 is 40.0 Å². The van der Waals surface area contributed by atoms with Crippen molar-refractivity contribution in [2.45, 2.75) is 44.7 Å². The summed E-state index contributed by atoms with van der Waals surface area (Å²) in [6.07, 6.45) is 5.09. The Morgan fingerprint density at radius 3 is 2.76 bits per heavy atom. The van der Waals surface area contributed by atoms with Gasteiger partial charge >= 0.3 is 6.03 Å². The number of hydrogen-bond donors (Lipinski definition) is 2. The fraction of sp³-hybridized carbons (Fsp3) is 0.450. The summed E-state index contributed by atoms with van der Waals surface area (Å²) >= 11 is 7.28. The van der Waals surface area contributed by atoms with Crippen LogP contribution in [0.1, 0.15) is 36.3 Å². The van der Waals surface area contributed by atoms with E-state index in [2.05, 4.69) is 15.6 Å². The zero-order chi connectivity index (χ0) is 20.2. The van der Waals surface area contributed by atoms with Crippen LogP contribution in [0.25, 0.3) is 0 Å². The number of ether oxygens (including phenoxy) is 1. The number of aromatic nitrogens is 1. The van der Waals surface area contributed by atoms with E-state index in [1.165, 1.54) is 24.2 Å². The van der Waals surface area contributed by atoms with Crippen LogP contribution in [-0.2, 0) is 17.8 Å². The van der Waals surface area contributed by atoms with Gasteiger partial charge in [0.15, 0.2) is 11.7 Å². The molecule has 2 heterocycles. The number of nitrogens with one attached hydrogen (secondary N) is 2. The van der Waals surface area contributed by atoms with Gasteiger partial charge in [0, 0.05) is 28.9 Å². The van der Waals surface area contributed by atoms with Crippen LogP contribution in [0.15, 0.2) is 24.3 Å². The number of rotatable bonds is 5. The standard InChI is InChI=1S/C20H23ClN4O3S/c21-13-5-7-15(8-6-13)28-12-18(26)25-10-9-16-17(11-25)29-20(23-16)24-19(27)22-14-3-1-2-4-14/h5-8,14H,1-4,9-12H2,(H2,22,23,24,27). The normalized spacial score (nSPS) is 16.4. The summed E-state index contributed by atoms with van der Waals surface area (Å²) in [5, 5.41) is 7.04. The van der Waals surface area contributed by atoms with E-state index >= 15 is 0 Å². The van der Waals surface area contributed by atoms with Crippen molar-refractivity contribution in [3.8, 4) is 5.75 Å². The third kappa shape index (κ3) is 5.19. The molecular weight excluding hydrogens is 412 g/mol. The van der Waals surface area contributed by atoms with Crippen molar-refractivity contribution in [2.75, 3.05) is 18.5 Å². The summed E-state index contributed by atoms with van der Waals surface area (Å²) in [6.45, 7) is 1.06. The second kappa shape index (κ2) is 9.00. The number of thiazole rings is 1. The summed E-state index contributed by atoms with van der Waals surface area (Å²) in [5.41, 5.74) is 0.953. The molecule has 0 atom stereocenters. The zero-order valence-electron chi connectivity index (χ0n) is 15.9. The number of carbonyl (C=O) groups excluding carboxylic acids is 2. The van der Waals surface area contributed by atoms with Gasteiger partial charge in [0.25, 0.3) is 5.91 Å². The van der Waals surface area contributed by atoms with Gasteiger partial charge in [-0.15, -0.1) is 0 Å². The smallest absolute Gasteiger partial charge is 0.321 e. The predicted octanol–water partition coefficient (Wildman–Crippen LogP) is 3.82. The Morgan fingerprint density at radius 2 is 2.00 bits per heavy atom. The molecule has 1 aliphatic heterocycles. The largest absolute Gasteiger partial charge is 0.484 e. The first kappa shape index (κ1) is 20.0. The number of urea groups is 1. The molecule has 0 bridgehead atoms. The Balaban J connectivity index is 1.29. The molecule has 2 aliphatic rings. The number of benzene rings is 1. The highest BCUT2D eigenvalue weighted by Crippen LogP contribution is 2.28. The molecule has 0 radical (unpaired) electrons. The van der Waals surface area contributed by atoms with Gasteiger partial charge in [-0.3, -0.25) is 10.1 Å². The minimum atomic E-state index is -0.202. The lowest BCUT2D eigenvalue weighted by atomic mass is 10.2. The highest BCUT2D eigenvalue weighted by atomic mass is 35.5. The molecule has 0 spiro atoms. The topological polar surface area (TPSA) is 83.6 Å². The van der Waals surface area contributed by atoms with Gasteiger partial charge in [0.05, 0.1) is 12.2 Å². The van der Waals surface area contributed by atoms with E-state index in [-0.39, 0.29) is 24.6 Å². The molecule has 2 N–H and O–H groups in total. The monoisotopic (exact) mass is 434 g/mol. The molecule has 4 rings (SSSR count). The number of halogens is 1. The lowest BCUT2D eigenvalue weighted by Crippen LogP contribution is -2.38. The number of fused-ring (bicyclic) bond motifs is 1. The van der Waals surface area contributed by atoms with Crippen molar-refractivity contribution < 1.29 is 14.3 Å². The van der Waals surface area contributed by atoms with Gasteiger partial charge < -0.3 is 15.0 Å². The second-order valence-electron chi connectivity index (χ2n) is 7.28. The van der Waals surface area contributed by atoms with Crippen molar-refractivity contribution in [3.63, 3.8) is 0 Å². The summed E-state index contributed by atoms with van der Waals surface area (Å²) in [7, 11) is 0. The average molecular weight is 435 g/mol. The first-order valence-electron chi connectivity index (χ1n) is 9.79. The molecule has 1 aromatic heterocycles. The lowest BCUT2D eigenvalue weighted by molar-refractivity contribution is -0.134. The molecule has 1 aromatic carbocycles. The van der Waals surface area contributed by atoms with Gasteiger partial charge in [-0.25, -0.2) is 9.78 Å². The molecule has 1 fully saturated rings. The fourth-order valence-electron chi connectivity index (χ4n) is 3.62. The first-order valence-corrected chi connectivity index (χ1v) is 11.0. The van der Waals surface area contributed by atoms with E-state index < -0.39 is 0 Å². The molecule has 1 aliphatic carbocycles. The van der Waals surface area contributed by atoms with Crippen LogP contribution in [0.3, 0.4) is 0 Å². The van der Waals surface area contributed by atoms with Gasteiger partial charge in [0.1, 0.15) is 5.75 Å². The van der Waals surface area contributed by atoms with Crippen LogP contribution < -0.4 is 15.4 Å². The molecule has 2 aromatic rings. The third-order valence-corrected chi connectivity index (χ3v) is 6.42. The number of amides is 3.